The number of aromatic carboxylic acids is 1. The lowest BCUT2D eigenvalue weighted by atomic mass is 10.1. The van der Waals surface area contributed by atoms with E-state index in [1.807, 2.05) is 12.2 Å². The Morgan fingerprint density at radius 2 is 1.20 bits per heavy atom. The van der Waals surface area contributed by atoms with Gasteiger partial charge in [0, 0.05) is 5.56 Å². The fraction of sp³-hybridized carbons (Fsp3) is 0. The monoisotopic (exact) mass is 267 g/mol. The largest absolute Gasteiger partial charge is 0.478 e. The van der Waals surface area contributed by atoms with E-state index in [-0.39, 0.29) is 5.56 Å². The molecule has 0 heterocycles. The summed E-state index contributed by atoms with van der Waals surface area (Å²) in [4.78, 5) is 21.7. The highest BCUT2D eigenvalue weighted by Gasteiger charge is 2.00. The van der Waals surface area contributed by atoms with Gasteiger partial charge in [0.1, 0.15) is 0 Å². The first-order valence-electron chi connectivity index (χ1n) is 5.97. The Balaban J connectivity index is 2.12. The van der Waals surface area contributed by atoms with Gasteiger partial charge in [0.05, 0.1) is 5.56 Å². The van der Waals surface area contributed by atoms with E-state index in [1.165, 1.54) is 0 Å². The Morgan fingerprint density at radius 3 is 1.55 bits per heavy atom. The smallest absolute Gasteiger partial charge is 0.335 e. The van der Waals surface area contributed by atoms with Crippen molar-refractivity contribution in [3.05, 3.63) is 70.8 Å². The van der Waals surface area contributed by atoms with Crippen LogP contribution in [0.25, 0.3) is 12.2 Å². The maximum absolute atomic E-state index is 10.9. The van der Waals surface area contributed by atoms with Crippen molar-refractivity contribution in [3.8, 4) is 0 Å². The van der Waals surface area contributed by atoms with Gasteiger partial charge in [0.15, 0.2) is 0 Å². The van der Waals surface area contributed by atoms with E-state index in [2.05, 4.69) is 0 Å². The third-order valence-electron chi connectivity index (χ3n) is 2.82. The highest BCUT2D eigenvalue weighted by atomic mass is 16.4. The van der Waals surface area contributed by atoms with Gasteiger partial charge in [0.2, 0.25) is 5.91 Å². The third-order valence-corrected chi connectivity index (χ3v) is 2.82. The molecule has 0 spiro atoms. The summed E-state index contributed by atoms with van der Waals surface area (Å²) in [6, 6.07) is 13.5. The zero-order valence-corrected chi connectivity index (χ0v) is 10.6. The molecule has 100 valence electrons. The van der Waals surface area contributed by atoms with Gasteiger partial charge in [-0.1, -0.05) is 36.4 Å². The van der Waals surface area contributed by atoms with Gasteiger partial charge in [-0.2, -0.15) is 0 Å². The molecule has 2 rings (SSSR count). The van der Waals surface area contributed by atoms with Crippen LogP contribution in [-0.2, 0) is 0 Å². The number of hydrogen-bond donors (Lipinski definition) is 2. The Bertz CT molecular complexity index is 596. The van der Waals surface area contributed by atoms with Crippen LogP contribution in [0.2, 0.25) is 0 Å². The standard InChI is InChI=1S/C16H13NO3/c17-15(18)13-7-3-11(4-8-13)1-2-12-5-9-14(10-6-12)16(19)20/h1-10H,(H2,17,18)(H,19,20). The second-order valence-corrected chi connectivity index (χ2v) is 4.25. The van der Waals surface area contributed by atoms with Crippen LogP contribution in [0.15, 0.2) is 48.5 Å². The summed E-state index contributed by atoms with van der Waals surface area (Å²) in [5.41, 5.74) is 7.71. The molecule has 0 atom stereocenters. The topological polar surface area (TPSA) is 80.4 Å². The molecule has 1 amide bonds. The summed E-state index contributed by atoms with van der Waals surface area (Å²) in [6.45, 7) is 0. The van der Waals surface area contributed by atoms with Crippen molar-refractivity contribution in [1.29, 1.82) is 0 Å². The Morgan fingerprint density at radius 1 is 0.800 bits per heavy atom. The Kier molecular flexibility index (Phi) is 3.96. The molecule has 0 aliphatic carbocycles. The molecule has 0 aliphatic heterocycles. The molecule has 4 heteroatoms. The highest BCUT2D eigenvalue weighted by Crippen LogP contribution is 2.11. The predicted octanol–water partition coefficient (Wildman–Crippen LogP) is 2.65. The predicted molar refractivity (Wildman–Crippen MR) is 77.3 cm³/mol. The molecule has 2 aromatic carbocycles. The SMILES string of the molecule is NC(=O)c1ccc(C=Cc2ccc(C(=O)O)cc2)cc1. The number of rotatable bonds is 4. The maximum Gasteiger partial charge on any atom is 0.335 e. The quantitative estimate of drug-likeness (QED) is 0.836. The average Bonchev–Trinajstić information content (AvgIpc) is 2.46. The minimum absolute atomic E-state index is 0.257. The van der Waals surface area contributed by atoms with Crippen LogP contribution < -0.4 is 5.73 Å². The lowest BCUT2D eigenvalue weighted by Gasteiger charge is -1.98. The molecule has 0 fully saturated rings. The number of primary amides is 1. The van der Waals surface area contributed by atoms with E-state index >= 15 is 0 Å². The van der Waals surface area contributed by atoms with E-state index in [9.17, 15) is 9.59 Å². The first-order valence-corrected chi connectivity index (χ1v) is 5.97. The van der Waals surface area contributed by atoms with Crippen LogP contribution in [-0.4, -0.2) is 17.0 Å². The van der Waals surface area contributed by atoms with E-state index in [4.69, 9.17) is 10.8 Å². The number of nitrogens with two attached hydrogens (primary N) is 1. The molecule has 4 nitrogen and oxygen atoms in total. The number of carbonyl (C=O) groups excluding carboxylic acids is 1. The minimum Gasteiger partial charge on any atom is -0.478 e. The normalized spacial score (nSPS) is 10.6. The van der Waals surface area contributed by atoms with Crippen LogP contribution in [0.3, 0.4) is 0 Å². The highest BCUT2D eigenvalue weighted by molar-refractivity contribution is 5.93. The summed E-state index contributed by atoms with van der Waals surface area (Å²) >= 11 is 0. The number of amides is 1. The fourth-order valence-corrected chi connectivity index (χ4v) is 1.69. The van der Waals surface area contributed by atoms with Crippen molar-refractivity contribution in [3.63, 3.8) is 0 Å². The van der Waals surface area contributed by atoms with Crippen LogP contribution >= 0.6 is 0 Å². The molecule has 0 aromatic heterocycles. The van der Waals surface area contributed by atoms with Gasteiger partial charge >= 0.3 is 5.97 Å². The van der Waals surface area contributed by atoms with E-state index in [1.54, 1.807) is 48.5 Å². The van der Waals surface area contributed by atoms with Crippen LogP contribution in [0.1, 0.15) is 31.8 Å². The van der Waals surface area contributed by atoms with Gasteiger partial charge in [-0.05, 0) is 35.4 Å². The van der Waals surface area contributed by atoms with Crippen LogP contribution in [0.5, 0.6) is 0 Å². The molecule has 20 heavy (non-hydrogen) atoms. The first kappa shape index (κ1) is 13.5. The van der Waals surface area contributed by atoms with Crippen molar-refractivity contribution in [2.24, 2.45) is 5.73 Å². The molecule has 0 saturated carbocycles. The second kappa shape index (κ2) is 5.84. The minimum atomic E-state index is -0.942. The molecule has 2 aromatic rings. The summed E-state index contributed by atoms with van der Waals surface area (Å²) in [7, 11) is 0. The van der Waals surface area contributed by atoms with Crippen molar-refractivity contribution in [2.75, 3.05) is 0 Å². The Hall–Kier alpha value is -2.88. The molecule has 3 N–H and O–H groups in total. The lowest BCUT2D eigenvalue weighted by molar-refractivity contribution is 0.0696. The average molecular weight is 267 g/mol. The molecular formula is C16H13NO3. The Labute approximate surface area is 116 Å². The zero-order valence-electron chi connectivity index (χ0n) is 10.6. The van der Waals surface area contributed by atoms with Crippen molar-refractivity contribution in [2.45, 2.75) is 0 Å². The molecule has 0 unspecified atom stereocenters. The molecule has 0 radical (unpaired) electrons. The summed E-state index contributed by atoms with van der Waals surface area (Å²) in [6.07, 6.45) is 3.74. The van der Waals surface area contributed by atoms with Crippen LogP contribution in [0, 0.1) is 0 Å². The summed E-state index contributed by atoms with van der Waals surface area (Å²) in [5.74, 6) is -1.40. The van der Waals surface area contributed by atoms with E-state index in [0.29, 0.717) is 5.56 Å². The second-order valence-electron chi connectivity index (χ2n) is 4.25. The van der Waals surface area contributed by atoms with Gasteiger partial charge < -0.3 is 10.8 Å². The number of carboxylic acids is 1. The summed E-state index contributed by atoms with van der Waals surface area (Å²) < 4.78 is 0. The molecule has 0 bridgehead atoms. The summed E-state index contributed by atoms with van der Waals surface area (Å²) in [5, 5.41) is 8.80. The fourth-order valence-electron chi connectivity index (χ4n) is 1.69. The third kappa shape index (κ3) is 3.32. The number of hydrogen-bond acceptors (Lipinski definition) is 2. The number of carboxylic acid groups (broad SMARTS) is 1. The molecular weight excluding hydrogens is 254 g/mol. The van der Waals surface area contributed by atoms with E-state index in [0.717, 1.165) is 11.1 Å². The molecule has 0 saturated heterocycles. The lowest BCUT2D eigenvalue weighted by Crippen LogP contribution is -2.10. The van der Waals surface area contributed by atoms with Gasteiger partial charge in [-0.15, -0.1) is 0 Å². The van der Waals surface area contributed by atoms with Crippen LogP contribution in [0.4, 0.5) is 0 Å². The van der Waals surface area contributed by atoms with Gasteiger partial charge in [-0.25, -0.2) is 4.79 Å². The molecule has 0 aliphatic rings. The number of carbonyl (C=O) groups is 2. The number of benzene rings is 2. The van der Waals surface area contributed by atoms with Crippen molar-refractivity contribution in [1.82, 2.24) is 0 Å². The van der Waals surface area contributed by atoms with Gasteiger partial charge in [-0.3, -0.25) is 4.79 Å². The van der Waals surface area contributed by atoms with Gasteiger partial charge in [0.25, 0.3) is 0 Å². The van der Waals surface area contributed by atoms with E-state index < -0.39 is 11.9 Å². The maximum atomic E-state index is 10.9. The van der Waals surface area contributed by atoms with Crippen molar-refractivity contribution >= 4 is 24.0 Å². The van der Waals surface area contributed by atoms with Crippen molar-refractivity contribution < 1.29 is 14.7 Å². The zero-order chi connectivity index (χ0) is 14.5. The first-order chi connectivity index (χ1) is 9.56.